The van der Waals surface area contributed by atoms with Gasteiger partial charge in [0.2, 0.25) is 0 Å². The lowest BCUT2D eigenvalue weighted by molar-refractivity contribution is 0.202. The zero-order valence-electron chi connectivity index (χ0n) is 10.3. The molecule has 1 aromatic carbocycles. The first kappa shape index (κ1) is 13.4. The minimum Gasteiger partial charge on any atom is -0.454 e. The monoisotopic (exact) mass is 357 g/mol. The zero-order valence-corrected chi connectivity index (χ0v) is 12.4. The Morgan fingerprint density at radius 3 is 2.78 bits per heavy atom. The third kappa shape index (κ3) is 3.74. The van der Waals surface area contributed by atoms with E-state index in [1.807, 2.05) is 24.3 Å². The number of nitrogens with one attached hydrogen (secondary N) is 1. The van der Waals surface area contributed by atoms with Crippen LogP contribution < -0.4 is 5.32 Å². The third-order valence-corrected chi connectivity index (χ3v) is 3.25. The van der Waals surface area contributed by atoms with E-state index in [1.165, 1.54) is 5.56 Å². The van der Waals surface area contributed by atoms with Gasteiger partial charge in [-0.25, -0.2) is 0 Å². The summed E-state index contributed by atoms with van der Waals surface area (Å²) in [6.45, 7) is 1.43. The molecular weight excluding hydrogens is 341 g/mol. The number of halogens is 1. The molecule has 0 unspecified atom stereocenters. The highest BCUT2D eigenvalue weighted by Gasteiger charge is 2.03. The van der Waals surface area contributed by atoms with Gasteiger partial charge in [0.25, 0.3) is 0 Å². The summed E-state index contributed by atoms with van der Waals surface area (Å²) in [6, 6.07) is 12.2. The molecule has 2 rings (SSSR count). The van der Waals surface area contributed by atoms with Gasteiger partial charge in [-0.15, -0.1) is 0 Å². The van der Waals surface area contributed by atoms with Crippen LogP contribution in [0.15, 0.2) is 40.8 Å². The molecule has 0 aliphatic heterocycles. The maximum Gasteiger partial charge on any atom is 0.164 e. The summed E-state index contributed by atoms with van der Waals surface area (Å²) >= 11 is 2.17. The van der Waals surface area contributed by atoms with Crippen LogP contribution in [0.25, 0.3) is 0 Å². The van der Waals surface area contributed by atoms with Gasteiger partial charge in [0.05, 0.1) is 13.2 Å². The maximum absolute atomic E-state index is 5.53. The predicted octanol–water partition coefficient (Wildman–Crippen LogP) is 3.69. The highest BCUT2D eigenvalue weighted by atomic mass is 127. The molecule has 0 fully saturated rings. The van der Waals surface area contributed by atoms with Gasteiger partial charge in [-0.2, -0.15) is 0 Å². The average molecular weight is 357 g/mol. The number of para-hydroxylation sites is 1. The summed E-state index contributed by atoms with van der Waals surface area (Å²) in [5, 5.41) is 3.40. The highest BCUT2D eigenvalue weighted by molar-refractivity contribution is 14.1. The first-order valence-corrected chi connectivity index (χ1v) is 6.92. The van der Waals surface area contributed by atoms with Crippen LogP contribution in [0.5, 0.6) is 0 Å². The van der Waals surface area contributed by atoms with E-state index in [1.54, 1.807) is 7.11 Å². The van der Waals surface area contributed by atoms with Crippen LogP contribution in [0.3, 0.4) is 0 Å². The smallest absolute Gasteiger partial charge is 0.164 e. The van der Waals surface area contributed by atoms with Crippen LogP contribution in [-0.2, 0) is 17.7 Å². The van der Waals surface area contributed by atoms with Crippen LogP contribution in [0.4, 0.5) is 5.69 Å². The second kappa shape index (κ2) is 6.80. The Kier molecular flexibility index (Phi) is 5.07. The number of ether oxygens (including phenoxy) is 1. The fourth-order valence-corrected chi connectivity index (χ4v) is 2.21. The lowest BCUT2D eigenvalue weighted by atomic mass is 10.1. The SMILES string of the molecule is COCCc1ccccc1NCc1ccc(I)o1. The number of hydrogen-bond acceptors (Lipinski definition) is 3. The summed E-state index contributed by atoms with van der Waals surface area (Å²) in [5.41, 5.74) is 2.40. The maximum atomic E-state index is 5.53. The van der Waals surface area contributed by atoms with Crippen molar-refractivity contribution >= 4 is 28.3 Å². The molecule has 3 nitrogen and oxygen atoms in total. The molecule has 4 heteroatoms. The lowest BCUT2D eigenvalue weighted by Gasteiger charge is -2.10. The van der Waals surface area contributed by atoms with Crippen molar-refractivity contribution < 1.29 is 9.15 Å². The van der Waals surface area contributed by atoms with E-state index in [4.69, 9.17) is 9.15 Å². The molecule has 18 heavy (non-hydrogen) atoms. The average Bonchev–Trinajstić information content (AvgIpc) is 2.81. The van der Waals surface area contributed by atoms with E-state index >= 15 is 0 Å². The standard InChI is InChI=1S/C14H16INO2/c1-17-9-8-11-4-2-3-5-13(11)16-10-12-6-7-14(15)18-12/h2-7,16H,8-10H2,1H3. The van der Waals surface area contributed by atoms with Crippen LogP contribution in [0.1, 0.15) is 11.3 Å². The van der Waals surface area contributed by atoms with Gasteiger partial charge in [0.15, 0.2) is 3.77 Å². The topological polar surface area (TPSA) is 34.4 Å². The van der Waals surface area contributed by atoms with Crippen LogP contribution in [0, 0.1) is 3.77 Å². The first-order chi connectivity index (χ1) is 8.79. The number of furan rings is 1. The molecule has 0 saturated heterocycles. The number of benzene rings is 1. The van der Waals surface area contributed by atoms with Gasteiger partial charge in [0.1, 0.15) is 5.76 Å². The molecule has 0 amide bonds. The van der Waals surface area contributed by atoms with E-state index in [9.17, 15) is 0 Å². The minimum atomic E-state index is 0.701. The Balaban J connectivity index is 1.99. The molecule has 1 aromatic heterocycles. The van der Waals surface area contributed by atoms with Crippen molar-refractivity contribution in [1.29, 1.82) is 0 Å². The molecule has 0 bridgehead atoms. The molecule has 0 aliphatic rings. The summed E-state index contributed by atoms with van der Waals surface area (Å²) in [5.74, 6) is 0.945. The molecule has 0 saturated carbocycles. The van der Waals surface area contributed by atoms with Gasteiger partial charge in [-0.1, -0.05) is 18.2 Å². The van der Waals surface area contributed by atoms with Crippen molar-refractivity contribution in [3.8, 4) is 0 Å². The van der Waals surface area contributed by atoms with Gasteiger partial charge in [0, 0.05) is 12.8 Å². The number of methoxy groups -OCH3 is 1. The fourth-order valence-electron chi connectivity index (χ4n) is 1.75. The molecule has 1 heterocycles. The Hall–Kier alpha value is -1.01. The van der Waals surface area contributed by atoms with Crippen LogP contribution in [0.2, 0.25) is 0 Å². The van der Waals surface area contributed by atoms with Gasteiger partial charge >= 0.3 is 0 Å². The molecule has 0 radical (unpaired) electrons. The highest BCUT2D eigenvalue weighted by Crippen LogP contribution is 2.18. The van der Waals surface area contributed by atoms with E-state index in [-0.39, 0.29) is 0 Å². The Bertz CT molecular complexity index is 496. The molecule has 0 atom stereocenters. The van der Waals surface area contributed by atoms with Crippen molar-refractivity contribution in [2.24, 2.45) is 0 Å². The van der Waals surface area contributed by atoms with Crippen molar-refractivity contribution in [3.05, 3.63) is 51.5 Å². The fraction of sp³-hybridized carbons (Fsp3) is 0.286. The van der Waals surface area contributed by atoms with Gasteiger partial charge < -0.3 is 14.5 Å². The predicted molar refractivity (Wildman–Crippen MR) is 80.8 cm³/mol. The quantitative estimate of drug-likeness (QED) is 0.801. The van der Waals surface area contributed by atoms with E-state index in [2.05, 4.69) is 40.0 Å². The van der Waals surface area contributed by atoms with Gasteiger partial charge in [-0.3, -0.25) is 0 Å². The molecule has 1 N–H and O–H groups in total. The summed E-state index contributed by atoms with van der Waals surface area (Å²) in [6.07, 6.45) is 0.912. The van der Waals surface area contributed by atoms with Gasteiger partial charge in [-0.05, 0) is 52.8 Å². The van der Waals surface area contributed by atoms with E-state index in [0.717, 1.165) is 28.2 Å². The van der Waals surface area contributed by atoms with E-state index in [0.29, 0.717) is 6.54 Å². The van der Waals surface area contributed by atoms with Crippen LogP contribution >= 0.6 is 22.6 Å². The summed E-state index contributed by atoms with van der Waals surface area (Å²) in [4.78, 5) is 0. The molecule has 96 valence electrons. The number of hydrogen-bond donors (Lipinski definition) is 1. The molecule has 0 spiro atoms. The molecular formula is C14H16INO2. The summed E-state index contributed by atoms with van der Waals surface area (Å²) in [7, 11) is 1.72. The second-order valence-corrected chi connectivity index (χ2v) is 5.02. The van der Waals surface area contributed by atoms with Crippen molar-refractivity contribution in [3.63, 3.8) is 0 Å². The van der Waals surface area contributed by atoms with Crippen LogP contribution in [-0.4, -0.2) is 13.7 Å². The Morgan fingerprint density at radius 2 is 2.06 bits per heavy atom. The number of anilines is 1. The Morgan fingerprint density at radius 1 is 1.22 bits per heavy atom. The molecule has 2 aromatic rings. The minimum absolute atomic E-state index is 0.701. The third-order valence-electron chi connectivity index (χ3n) is 2.67. The molecule has 0 aliphatic carbocycles. The van der Waals surface area contributed by atoms with Crippen molar-refractivity contribution in [2.75, 3.05) is 19.0 Å². The second-order valence-electron chi connectivity index (χ2n) is 3.96. The normalized spacial score (nSPS) is 10.6. The number of rotatable bonds is 6. The first-order valence-electron chi connectivity index (χ1n) is 5.84. The van der Waals surface area contributed by atoms with E-state index < -0.39 is 0 Å². The lowest BCUT2D eigenvalue weighted by Crippen LogP contribution is -2.03. The van der Waals surface area contributed by atoms with Crippen molar-refractivity contribution in [2.45, 2.75) is 13.0 Å². The Labute approximate surface area is 121 Å². The zero-order chi connectivity index (χ0) is 12.8. The largest absolute Gasteiger partial charge is 0.454 e. The van der Waals surface area contributed by atoms with Crippen molar-refractivity contribution in [1.82, 2.24) is 0 Å². The summed E-state index contributed by atoms with van der Waals surface area (Å²) < 4.78 is 11.6.